The molecule has 0 radical (unpaired) electrons. The van der Waals surface area contributed by atoms with Crippen LogP contribution in [-0.4, -0.2) is 8.07 Å². The predicted molar refractivity (Wildman–Crippen MR) is 351 cm³/mol. The van der Waals surface area contributed by atoms with Gasteiger partial charge in [0.15, 0.2) is 8.07 Å². The average molecular weight is 1090 g/mol. The normalized spacial score (nSPS) is 12.8. The van der Waals surface area contributed by atoms with Gasteiger partial charge in [-0.15, -0.1) is 0 Å². The lowest BCUT2D eigenvalue weighted by molar-refractivity contribution is 0.669. The Kier molecular flexibility index (Phi) is 10.9. The van der Waals surface area contributed by atoms with Crippen LogP contribution in [0.25, 0.3) is 99.2 Å². The SMILES string of the molecule is c1ccc(-c2ccc(-c3ccc(N(c4ccc(-c5ccccc5)cc4)c4ccc5c(c4)oc4cc6c(cc45)N(c4ccccc4)c4ccccc4[Si]6(c4ccc5c(c4)oc4ccccc45)c4ccc5c(c4)oc4ccccc45)cc3)cc2)cc1. The Morgan fingerprint density at radius 1 is 0.250 bits per heavy atom. The highest BCUT2D eigenvalue weighted by atomic mass is 28.3. The summed E-state index contributed by atoms with van der Waals surface area (Å²) in [6, 6.07) is 110. The van der Waals surface area contributed by atoms with Crippen molar-refractivity contribution in [3.63, 3.8) is 0 Å². The van der Waals surface area contributed by atoms with Crippen molar-refractivity contribution in [3.8, 4) is 33.4 Å². The lowest BCUT2D eigenvalue weighted by Crippen LogP contribution is -2.77. The second-order valence-corrected chi connectivity index (χ2v) is 25.7. The van der Waals surface area contributed by atoms with Gasteiger partial charge in [0.25, 0.3) is 0 Å². The van der Waals surface area contributed by atoms with Crippen molar-refractivity contribution in [1.82, 2.24) is 0 Å². The molecule has 0 fully saturated rings. The summed E-state index contributed by atoms with van der Waals surface area (Å²) < 4.78 is 20.9. The van der Waals surface area contributed by atoms with Gasteiger partial charge >= 0.3 is 0 Å². The third-order valence-corrected chi connectivity index (χ3v) is 22.1. The molecule has 5 nitrogen and oxygen atoms in total. The molecule has 4 heterocycles. The van der Waals surface area contributed by atoms with Crippen LogP contribution in [0, 0.1) is 0 Å². The van der Waals surface area contributed by atoms with Gasteiger partial charge in [-0.2, -0.15) is 0 Å². The number of fused-ring (bicyclic) bond motifs is 11. The highest BCUT2D eigenvalue weighted by Crippen LogP contribution is 2.45. The van der Waals surface area contributed by atoms with E-state index in [4.69, 9.17) is 13.3 Å². The van der Waals surface area contributed by atoms with Gasteiger partial charge in [0, 0.05) is 72.5 Å². The van der Waals surface area contributed by atoms with Crippen LogP contribution in [0.5, 0.6) is 0 Å². The molecule has 16 aromatic rings. The summed E-state index contributed by atoms with van der Waals surface area (Å²) in [6.07, 6.45) is 0. The highest BCUT2D eigenvalue weighted by molar-refractivity contribution is 7.21. The minimum atomic E-state index is -3.37. The fourth-order valence-electron chi connectivity index (χ4n) is 13.4. The first-order valence-electron chi connectivity index (χ1n) is 28.6. The van der Waals surface area contributed by atoms with E-state index in [-0.39, 0.29) is 0 Å². The van der Waals surface area contributed by atoms with Crippen LogP contribution in [-0.2, 0) is 0 Å². The minimum absolute atomic E-state index is 0.800. The summed E-state index contributed by atoms with van der Waals surface area (Å²) in [5.74, 6) is 0. The molecule has 6 heteroatoms. The van der Waals surface area contributed by atoms with E-state index >= 15 is 0 Å². The first kappa shape index (κ1) is 47.8. The third-order valence-electron chi connectivity index (χ3n) is 17.3. The van der Waals surface area contributed by atoms with Crippen LogP contribution in [0.15, 0.2) is 317 Å². The number of para-hydroxylation sites is 4. The van der Waals surface area contributed by atoms with Crippen LogP contribution in [0.3, 0.4) is 0 Å². The van der Waals surface area contributed by atoms with Gasteiger partial charge in [-0.25, -0.2) is 0 Å². The molecular formula is C78H50N2O3Si. The van der Waals surface area contributed by atoms with Crippen molar-refractivity contribution in [3.05, 3.63) is 303 Å². The highest BCUT2D eigenvalue weighted by Gasteiger charge is 2.50. The Bertz CT molecular complexity index is 5070. The molecule has 0 unspecified atom stereocenters. The van der Waals surface area contributed by atoms with E-state index in [0.717, 1.165) is 117 Å². The van der Waals surface area contributed by atoms with Gasteiger partial charge in [0.1, 0.15) is 33.5 Å². The van der Waals surface area contributed by atoms with Gasteiger partial charge in [0.05, 0.1) is 0 Å². The molecule has 1 aliphatic rings. The monoisotopic (exact) mass is 1090 g/mol. The van der Waals surface area contributed by atoms with Gasteiger partial charge in [-0.1, -0.05) is 206 Å². The van der Waals surface area contributed by atoms with Crippen LogP contribution >= 0.6 is 0 Å². The van der Waals surface area contributed by atoms with Gasteiger partial charge in [-0.3, -0.25) is 0 Å². The van der Waals surface area contributed by atoms with Crippen LogP contribution in [0.1, 0.15) is 0 Å². The molecule has 0 saturated carbocycles. The molecule has 1 aliphatic heterocycles. The fraction of sp³-hybridized carbons (Fsp3) is 0. The van der Waals surface area contributed by atoms with Crippen LogP contribution in [0.4, 0.5) is 34.1 Å². The van der Waals surface area contributed by atoms with E-state index in [2.05, 4.69) is 301 Å². The molecule has 0 atom stereocenters. The van der Waals surface area contributed by atoms with E-state index in [1.165, 1.54) is 37.4 Å². The molecule has 0 amide bonds. The third kappa shape index (κ3) is 7.55. The zero-order valence-electron chi connectivity index (χ0n) is 45.5. The van der Waals surface area contributed by atoms with E-state index in [0.29, 0.717) is 0 Å². The molecule has 84 heavy (non-hydrogen) atoms. The summed E-state index contributed by atoms with van der Waals surface area (Å²) in [4.78, 5) is 4.80. The smallest absolute Gasteiger partial charge is 0.184 e. The van der Waals surface area contributed by atoms with Crippen molar-refractivity contribution in [2.45, 2.75) is 0 Å². The largest absolute Gasteiger partial charge is 0.456 e. The second kappa shape index (κ2) is 19.1. The average Bonchev–Trinajstić information content (AvgIpc) is 1.18. The summed E-state index contributed by atoms with van der Waals surface area (Å²) in [5.41, 5.74) is 18.5. The molecular weight excluding hydrogens is 1040 g/mol. The zero-order chi connectivity index (χ0) is 55.3. The van der Waals surface area contributed by atoms with Crippen LogP contribution < -0.4 is 30.5 Å². The number of benzene rings is 13. The summed E-state index contributed by atoms with van der Waals surface area (Å²) in [5, 5.41) is 11.3. The number of nitrogens with zero attached hydrogens (tertiary/aromatic N) is 2. The quantitative estimate of drug-likeness (QED) is 0.135. The predicted octanol–water partition coefficient (Wildman–Crippen LogP) is 19.0. The second-order valence-electron chi connectivity index (χ2n) is 21.9. The summed E-state index contributed by atoms with van der Waals surface area (Å²) in [6.45, 7) is 0. The first-order valence-corrected chi connectivity index (χ1v) is 30.6. The molecule has 3 aromatic heterocycles. The Balaban J connectivity index is 0.872. The maximum atomic E-state index is 7.33. The van der Waals surface area contributed by atoms with Crippen molar-refractivity contribution in [1.29, 1.82) is 0 Å². The first-order chi connectivity index (χ1) is 41.6. The van der Waals surface area contributed by atoms with E-state index in [9.17, 15) is 0 Å². The molecule has 0 spiro atoms. The molecule has 0 bridgehead atoms. The fourth-order valence-corrected chi connectivity index (χ4v) is 18.5. The molecule has 17 rings (SSSR count). The Hall–Kier alpha value is -10.9. The number of hydrogen-bond acceptors (Lipinski definition) is 5. The van der Waals surface area contributed by atoms with Crippen molar-refractivity contribution >= 4 is 129 Å². The number of rotatable bonds is 9. The van der Waals surface area contributed by atoms with Gasteiger partial charge in [-0.05, 0) is 145 Å². The maximum absolute atomic E-state index is 7.33. The van der Waals surface area contributed by atoms with Crippen LogP contribution in [0.2, 0.25) is 0 Å². The molecule has 0 aliphatic carbocycles. The van der Waals surface area contributed by atoms with E-state index < -0.39 is 8.07 Å². The van der Waals surface area contributed by atoms with Gasteiger partial charge in [0.2, 0.25) is 0 Å². The number of furan rings is 3. The molecule has 0 saturated heterocycles. The lowest BCUT2D eigenvalue weighted by Gasteiger charge is -2.45. The summed E-state index contributed by atoms with van der Waals surface area (Å²) in [7, 11) is -3.37. The summed E-state index contributed by atoms with van der Waals surface area (Å²) >= 11 is 0. The molecule has 0 N–H and O–H groups in total. The van der Waals surface area contributed by atoms with Gasteiger partial charge < -0.3 is 23.1 Å². The zero-order valence-corrected chi connectivity index (χ0v) is 46.5. The Morgan fingerprint density at radius 2 is 0.643 bits per heavy atom. The van der Waals surface area contributed by atoms with Crippen molar-refractivity contribution < 1.29 is 13.3 Å². The minimum Gasteiger partial charge on any atom is -0.456 e. The Morgan fingerprint density at radius 3 is 1.20 bits per heavy atom. The standard InChI is InChI=1S/C78H50N2O3Si/c1-4-16-51(17-5-1)53-28-30-54(31-29-53)56-34-38-59(39-35-56)79(58-36-32-55(33-37-58)52-18-6-2-7-19-52)60-40-43-67-68-49-70-78(50-76(68)83-73(67)46-60)84(61-41-44-65-63-22-10-13-25-71(63)81-74(65)47-61,62-42-45-66-64-23-11-14-26-72(64)82-75(66)48-62)77-27-15-12-24-69(77)80(70)57-20-8-3-9-21-57/h1-50H. The Labute approximate surface area is 485 Å². The lowest BCUT2D eigenvalue weighted by atomic mass is 10.00. The molecule has 394 valence electrons. The van der Waals surface area contributed by atoms with E-state index in [1.54, 1.807) is 0 Å². The van der Waals surface area contributed by atoms with Crippen molar-refractivity contribution in [2.75, 3.05) is 9.80 Å². The van der Waals surface area contributed by atoms with E-state index in [1.807, 2.05) is 12.1 Å². The molecule has 13 aromatic carbocycles. The number of anilines is 6. The maximum Gasteiger partial charge on any atom is 0.184 e. The van der Waals surface area contributed by atoms with Crippen molar-refractivity contribution in [2.24, 2.45) is 0 Å². The topological polar surface area (TPSA) is 45.9 Å². The number of hydrogen-bond donors (Lipinski definition) is 0.